The van der Waals surface area contributed by atoms with Crippen molar-refractivity contribution in [2.45, 2.75) is 45.4 Å². The molecule has 110 valence electrons. The molecule has 1 aromatic rings. The van der Waals surface area contributed by atoms with E-state index in [-0.39, 0.29) is 5.91 Å². The van der Waals surface area contributed by atoms with Gasteiger partial charge in [-0.3, -0.25) is 4.79 Å². The number of unbranched alkanes of at least 4 members (excludes halogenated alkanes) is 3. The van der Waals surface area contributed by atoms with E-state index in [1.54, 1.807) is 0 Å². The van der Waals surface area contributed by atoms with Gasteiger partial charge in [0.2, 0.25) is 5.91 Å². The number of rotatable bonds is 8. The first kappa shape index (κ1) is 16.6. The first-order valence-corrected chi connectivity index (χ1v) is 7.74. The van der Waals surface area contributed by atoms with Gasteiger partial charge in [-0.05, 0) is 30.6 Å². The number of carbonyl (C=O) groups is 1. The van der Waals surface area contributed by atoms with Gasteiger partial charge in [0.05, 0.1) is 0 Å². The van der Waals surface area contributed by atoms with Crippen molar-refractivity contribution >= 4 is 23.2 Å². The lowest BCUT2D eigenvalue weighted by molar-refractivity contribution is -0.119. The van der Waals surface area contributed by atoms with Crippen molar-refractivity contribution in [1.29, 1.82) is 0 Å². The normalized spacial score (nSPS) is 10.1. The highest BCUT2D eigenvalue weighted by molar-refractivity contribution is 7.80. The summed E-state index contributed by atoms with van der Waals surface area (Å²) in [5, 5.41) is 6.24. The molecule has 0 atom stereocenters. The summed E-state index contributed by atoms with van der Waals surface area (Å²) in [7, 11) is 0. The molecule has 0 unspecified atom stereocenters. The van der Waals surface area contributed by atoms with E-state index >= 15 is 0 Å². The molecule has 0 radical (unpaired) electrons. The number of amides is 1. The third-order valence-electron chi connectivity index (χ3n) is 3.05. The average molecular weight is 292 g/mol. The number of benzene rings is 1. The second-order valence-electron chi connectivity index (χ2n) is 4.85. The van der Waals surface area contributed by atoms with Crippen LogP contribution in [0.25, 0.3) is 0 Å². The standard InChI is InChI=1S/C16H24N2OS/c1-2-3-4-8-13-17-16(20)18-15(19)12-11-14-9-6-5-7-10-14/h5-7,9-10H,2-4,8,11-13H2,1H3,(H2,17,18,19,20). The van der Waals surface area contributed by atoms with E-state index in [0.717, 1.165) is 19.4 Å². The van der Waals surface area contributed by atoms with Gasteiger partial charge in [-0.15, -0.1) is 0 Å². The van der Waals surface area contributed by atoms with Crippen molar-refractivity contribution in [3.05, 3.63) is 35.9 Å². The molecule has 0 aromatic heterocycles. The summed E-state index contributed by atoms with van der Waals surface area (Å²) in [6, 6.07) is 9.99. The fraction of sp³-hybridized carbons (Fsp3) is 0.500. The number of hydrogen-bond donors (Lipinski definition) is 2. The molecule has 0 aliphatic rings. The number of carbonyl (C=O) groups excluding carboxylic acids is 1. The van der Waals surface area contributed by atoms with Gasteiger partial charge < -0.3 is 10.6 Å². The van der Waals surface area contributed by atoms with E-state index < -0.39 is 0 Å². The summed E-state index contributed by atoms with van der Waals surface area (Å²) in [6.45, 7) is 3.02. The number of hydrogen-bond acceptors (Lipinski definition) is 2. The van der Waals surface area contributed by atoms with Gasteiger partial charge in [0.15, 0.2) is 5.11 Å². The van der Waals surface area contributed by atoms with Gasteiger partial charge in [-0.2, -0.15) is 0 Å². The SMILES string of the molecule is CCCCCCNC(=S)NC(=O)CCc1ccccc1. The van der Waals surface area contributed by atoms with Crippen LogP contribution < -0.4 is 10.6 Å². The monoisotopic (exact) mass is 292 g/mol. The molecule has 0 bridgehead atoms. The largest absolute Gasteiger partial charge is 0.362 e. The zero-order valence-electron chi connectivity index (χ0n) is 12.2. The Balaban J connectivity index is 2.10. The Bertz CT molecular complexity index is 406. The van der Waals surface area contributed by atoms with Crippen molar-refractivity contribution in [3.8, 4) is 0 Å². The van der Waals surface area contributed by atoms with Gasteiger partial charge in [0, 0.05) is 13.0 Å². The van der Waals surface area contributed by atoms with Gasteiger partial charge in [0.1, 0.15) is 0 Å². The highest BCUT2D eigenvalue weighted by Gasteiger charge is 2.04. The molecule has 1 amide bonds. The maximum atomic E-state index is 11.7. The van der Waals surface area contributed by atoms with Crippen LogP contribution in [-0.2, 0) is 11.2 Å². The summed E-state index contributed by atoms with van der Waals surface area (Å²) in [5.74, 6) is -0.0279. The van der Waals surface area contributed by atoms with Crippen LogP contribution in [0.4, 0.5) is 0 Å². The Morgan fingerprint density at radius 1 is 1.15 bits per heavy atom. The Morgan fingerprint density at radius 3 is 2.60 bits per heavy atom. The third-order valence-corrected chi connectivity index (χ3v) is 3.30. The highest BCUT2D eigenvalue weighted by atomic mass is 32.1. The zero-order chi connectivity index (χ0) is 14.6. The van der Waals surface area contributed by atoms with Crippen LogP contribution in [0.5, 0.6) is 0 Å². The smallest absolute Gasteiger partial charge is 0.226 e. The first-order valence-electron chi connectivity index (χ1n) is 7.34. The third kappa shape index (κ3) is 7.89. The Labute approximate surface area is 127 Å². The molecule has 0 saturated carbocycles. The van der Waals surface area contributed by atoms with E-state index in [1.165, 1.54) is 24.8 Å². The minimum absolute atomic E-state index is 0.0279. The second kappa shape index (κ2) is 10.4. The molecule has 0 spiro atoms. The van der Waals surface area contributed by atoms with Crippen LogP contribution in [0.2, 0.25) is 0 Å². The molecule has 0 aliphatic heterocycles. The van der Waals surface area contributed by atoms with Gasteiger partial charge in [0.25, 0.3) is 0 Å². The second-order valence-corrected chi connectivity index (χ2v) is 5.26. The summed E-state index contributed by atoms with van der Waals surface area (Å²) < 4.78 is 0. The molecule has 3 nitrogen and oxygen atoms in total. The summed E-state index contributed by atoms with van der Waals surface area (Å²) >= 11 is 5.10. The maximum Gasteiger partial charge on any atom is 0.226 e. The Hall–Kier alpha value is -1.42. The Kier molecular flexibility index (Phi) is 8.63. The molecule has 1 aromatic carbocycles. The molecule has 20 heavy (non-hydrogen) atoms. The van der Waals surface area contributed by atoms with E-state index in [4.69, 9.17) is 12.2 Å². The molecule has 2 N–H and O–H groups in total. The first-order chi connectivity index (χ1) is 9.72. The zero-order valence-corrected chi connectivity index (χ0v) is 13.0. The average Bonchev–Trinajstić information content (AvgIpc) is 2.46. The van der Waals surface area contributed by atoms with Crippen molar-refractivity contribution in [2.75, 3.05) is 6.54 Å². The van der Waals surface area contributed by atoms with E-state index in [2.05, 4.69) is 17.6 Å². The van der Waals surface area contributed by atoms with Gasteiger partial charge in [-0.25, -0.2) is 0 Å². The predicted octanol–water partition coefficient (Wildman–Crippen LogP) is 3.19. The van der Waals surface area contributed by atoms with Gasteiger partial charge >= 0.3 is 0 Å². The topological polar surface area (TPSA) is 41.1 Å². The van der Waals surface area contributed by atoms with Crippen LogP contribution in [0, 0.1) is 0 Å². The quantitative estimate of drug-likeness (QED) is 0.571. The van der Waals surface area contributed by atoms with Crippen LogP contribution in [0.3, 0.4) is 0 Å². The fourth-order valence-electron chi connectivity index (χ4n) is 1.89. The molecule has 0 saturated heterocycles. The van der Waals surface area contributed by atoms with Crippen molar-refractivity contribution in [1.82, 2.24) is 10.6 Å². The van der Waals surface area contributed by atoms with Crippen molar-refractivity contribution in [3.63, 3.8) is 0 Å². The van der Waals surface area contributed by atoms with Crippen molar-refractivity contribution in [2.24, 2.45) is 0 Å². The fourth-order valence-corrected chi connectivity index (χ4v) is 2.11. The highest BCUT2D eigenvalue weighted by Crippen LogP contribution is 2.02. The maximum absolute atomic E-state index is 11.7. The lowest BCUT2D eigenvalue weighted by Gasteiger charge is -2.09. The predicted molar refractivity (Wildman–Crippen MR) is 87.6 cm³/mol. The molecular weight excluding hydrogens is 268 g/mol. The van der Waals surface area contributed by atoms with E-state index in [9.17, 15) is 4.79 Å². The molecule has 0 fully saturated rings. The summed E-state index contributed by atoms with van der Waals surface area (Å²) in [6.07, 6.45) is 5.97. The molecular formula is C16H24N2OS. The molecule has 0 heterocycles. The summed E-state index contributed by atoms with van der Waals surface area (Å²) in [4.78, 5) is 11.7. The molecule has 4 heteroatoms. The molecule has 0 aliphatic carbocycles. The van der Waals surface area contributed by atoms with E-state index in [1.807, 2.05) is 30.3 Å². The Morgan fingerprint density at radius 2 is 1.90 bits per heavy atom. The molecule has 1 rings (SSSR count). The lowest BCUT2D eigenvalue weighted by atomic mass is 10.1. The van der Waals surface area contributed by atoms with Crippen LogP contribution in [0.1, 0.15) is 44.6 Å². The van der Waals surface area contributed by atoms with E-state index in [0.29, 0.717) is 11.5 Å². The minimum Gasteiger partial charge on any atom is -0.362 e. The number of thiocarbonyl (C=S) groups is 1. The van der Waals surface area contributed by atoms with Gasteiger partial charge in [-0.1, -0.05) is 56.5 Å². The number of nitrogens with one attached hydrogen (secondary N) is 2. The summed E-state index contributed by atoms with van der Waals surface area (Å²) in [5.41, 5.74) is 1.17. The van der Waals surface area contributed by atoms with Crippen LogP contribution >= 0.6 is 12.2 Å². The number of aryl methyl sites for hydroxylation is 1. The van der Waals surface area contributed by atoms with Crippen LogP contribution in [0.15, 0.2) is 30.3 Å². The van der Waals surface area contributed by atoms with Crippen LogP contribution in [-0.4, -0.2) is 17.6 Å². The van der Waals surface area contributed by atoms with Crippen molar-refractivity contribution < 1.29 is 4.79 Å². The lowest BCUT2D eigenvalue weighted by Crippen LogP contribution is -2.39. The minimum atomic E-state index is -0.0279.